The fourth-order valence-corrected chi connectivity index (χ4v) is 3.19. The molecule has 0 saturated carbocycles. The number of pyridine rings is 1. The smallest absolute Gasteiger partial charge is 0.407 e. The predicted octanol–water partition coefficient (Wildman–Crippen LogP) is 4.45. The van der Waals surface area contributed by atoms with Gasteiger partial charge in [-0.3, -0.25) is 4.98 Å². The number of aromatic nitrogens is 1. The van der Waals surface area contributed by atoms with Gasteiger partial charge in [0.15, 0.2) is 0 Å². The van der Waals surface area contributed by atoms with Gasteiger partial charge < -0.3 is 14.8 Å². The van der Waals surface area contributed by atoms with E-state index in [1.54, 1.807) is 6.20 Å². The van der Waals surface area contributed by atoms with E-state index in [2.05, 4.69) is 29.4 Å². The number of nitrogens with one attached hydrogen (secondary N) is 1. The molecule has 2 heterocycles. The van der Waals surface area contributed by atoms with Crippen molar-refractivity contribution in [3.8, 4) is 16.9 Å². The summed E-state index contributed by atoms with van der Waals surface area (Å²) in [7, 11) is 0. The Balaban J connectivity index is 1.82. The van der Waals surface area contributed by atoms with Crippen LogP contribution in [0.1, 0.15) is 44.2 Å². The average molecular weight is 354 g/mol. The molecule has 0 spiro atoms. The van der Waals surface area contributed by atoms with Crippen molar-refractivity contribution in [3.05, 3.63) is 47.8 Å². The molecule has 0 unspecified atom stereocenters. The maximum absolute atomic E-state index is 12.0. The van der Waals surface area contributed by atoms with E-state index in [0.717, 1.165) is 34.4 Å². The number of nitrogens with zero attached hydrogens (tertiary/aromatic N) is 1. The second-order valence-corrected chi connectivity index (χ2v) is 7.63. The molecular formula is C21H26N2O3. The molecule has 5 nitrogen and oxygen atoms in total. The van der Waals surface area contributed by atoms with E-state index < -0.39 is 5.60 Å². The fourth-order valence-electron chi connectivity index (χ4n) is 3.19. The van der Waals surface area contributed by atoms with E-state index in [9.17, 15) is 4.79 Å². The molecule has 1 aromatic carbocycles. The molecule has 1 aliphatic heterocycles. The molecule has 1 amide bonds. The van der Waals surface area contributed by atoms with Crippen LogP contribution in [0.4, 0.5) is 4.79 Å². The second-order valence-electron chi connectivity index (χ2n) is 7.63. The zero-order chi connectivity index (χ0) is 18.7. The molecular weight excluding hydrogens is 328 g/mol. The Kier molecular flexibility index (Phi) is 5.16. The maximum Gasteiger partial charge on any atom is 0.407 e. The molecule has 138 valence electrons. The van der Waals surface area contributed by atoms with Crippen LogP contribution in [0.25, 0.3) is 11.1 Å². The molecule has 26 heavy (non-hydrogen) atoms. The number of benzene rings is 1. The second kappa shape index (κ2) is 7.36. The summed E-state index contributed by atoms with van der Waals surface area (Å²) in [5.41, 5.74) is 3.90. The zero-order valence-electron chi connectivity index (χ0n) is 15.8. The minimum atomic E-state index is -0.497. The van der Waals surface area contributed by atoms with Gasteiger partial charge in [0.1, 0.15) is 11.4 Å². The molecule has 5 heteroatoms. The summed E-state index contributed by atoms with van der Waals surface area (Å²) in [6, 6.07) is 8.17. The summed E-state index contributed by atoms with van der Waals surface area (Å²) in [6.45, 7) is 8.81. The van der Waals surface area contributed by atoms with E-state index in [4.69, 9.17) is 9.47 Å². The van der Waals surface area contributed by atoms with E-state index in [1.165, 1.54) is 0 Å². The van der Waals surface area contributed by atoms with Crippen LogP contribution in [0, 0.1) is 6.92 Å². The number of hydrogen-bond donors (Lipinski definition) is 1. The van der Waals surface area contributed by atoms with Crippen molar-refractivity contribution >= 4 is 6.09 Å². The maximum atomic E-state index is 12.0. The topological polar surface area (TPSA) is 60.5 Å². The number of amides is 1. The number of para-hydroxylation sites is 1. The molecule has 0 bridgehead atoms. The van der Waals surface area contributed by atoms with E-state index >= 15 is 0 Å². The van der Waals surface area contributed by atoms with Crippen molar-refractivity contribution in [1.29, 1.82) is 0 Å². The molecule has 1 atom stereocenters. The Morgan fingerprint density at radius 1 is 1.31 bits per heavy atom. The van der Waals surface area contributed by atoms with Crippen LogP contribution < -0.4 is 10.1 Å². The van der Waals surface area contributed by atoms with Crippen molar-refractivity contribution in [2.75, 3.05) is 13.2 Å². The van der Waals surface area contributed by atoms with Crippen LogP contribution in [-0.4, -0.2) is 29.8 Å². The van der Waals surface area contributed by atoms with Gasteiger partial charge in [-0.15, -0.1) is 0 Å². The first-order valence-corrected chi connectivity index (χ1v) is 8.98. The SMILES string of the molecule is Cc1ccncc1-c1cccc2c1OCC[C@H]2CNC(=O)OC(C)(C)C. The van der Waals surface area contributed by atoms with Gasteiger partial charge in [0.05, 0.1) is 6.61 Å². The van der Waals surface area contributed by atoms with Crippen LogP contribution in [0.5, 0.6) is 5.75 Å². The normalized spacial score (nSPS) is 16.4. The third kappa shape index (κ3) is 4.15. The van der Waals surface area contributed by atoms with Crippen LogP contribution in [0.15, 0.2) is 36.7 Å². The summed E-state index contributed by atoms with van der Waals surface area (Å²) >= 11 is 0. The lowest BCUT2D eigenvalue weighted by molar-refractivity contribution is 0.0521. The highest BCUT2D eigenvalue weighted by atomic mass is 16.6. The number of rotatable bonds is 3. The van der Waals surface area contributed by atoms with Crippen LogP contribution in [0.3, 0.4) is 0 Å². The van der Waals surface area contributed by atoms with Gasteiger partial charge in [-0.05, 0) is 51.3 Å². The molecule has 0 aliphatic carbocycles. The Bertz CT molecular complexity index is 796. The van der Waals surface area contributed by atoms with Crippen molar-refractivity contribution in [2.24, 2.45) is 0 Å². The van der Waals surface area contributed by atoms with Gasteiger partial charge in [0.2, 0.25) is 0 Å². The lowest BCUT2D eigenvalue weighted by Gasteiger charge is -2.28. The Labute approximate surface area is 154 Å². The van der Waals surface area contributed by atoms with Gasteiger partial charge >= 0.3 is 6.09 Å². The highest BCUT2D eigenvalue weighted by molar-refractivity contribution is 5.75. The molecule has 0 saturated heterocycles. The minimum Gasteiger partial charge on any atom is -0.493 e. The lowest BCUT2D eigenvalue weighted by Crippen LogP contribution is -2.35. The first-order valence-electron chi connectivity index (χ1n) is 8.98. The zero-order valence-corrected chi connectivity index (χ0v) is 15.8. The summed E-state index contributed by atoms with van der Waals surface area (Å²) in [5.74, 6) is 1.09. The monoisotopic (exact) mass is 354 g/mol. The number of ether oxygens (including phenoxy) is 2. The van der Waals surface area contributed by atoms with E-state index in [1.807, 2.05) is 39.1 Å². The molecule has 1 aliphatic rings. The van der Waals surface area contributed by atoms with E-state index in [0.29, 0.717) is 13.2 Å². The number of carbonyl (C=O) groups excluding carboxylic acids is 1. The predicted molar refractivity (Wildman–Crippen MR) is 101 cm³/mol. The molecule has 0 fully saturated rings. The van der Waals surface area contributed by atoms with Gasteiger partial charge in [-0.1, -0.05) is 18.2 Å². The summed E-state index contributed by atoms with van der Waals surface area (Å²) in [4.78, 5) is 16.2. The number of hydrogen-bond acceptors (Lipinski definition) is 4. The summed E-state index contributed by atoms with van der Waals surface area (Å²) in [6.07, 6.45) is 4.14. The number of alkyl carbamates (subject to hydrolysis) is 1. The van der Waals surface area contributed by atoms with Crippen LogP contribution in [0.2, 0.25) is 0 Å². The van der Waals surface area contributed by atoms with Gasteiger partial charge in [0, 0.05) is 36.0 Å². The Hall–Kier alpha value is -2.56. The molecule has 1 aromatic heterocycles. The lowest BCUT2D eigenvalue weighted by atomic mass is 9.89. The van der Waals surface area contributed by atoms with Crippen molar-refractivity contribution in [3.63, 3.8) is 0 Å². The summed E-state index contributed by atoms with van der Waals surface area (Å²) in [5, 5.41) is 2.89. The van der Waals surface area contributed by atoms with Crippen molar-refractivity contribution in [1.82, 2.24) is 10.3 Å². The first-order chi connectivity index (χ1) is 12.3. The van der Waals surface area contributed by atoms with Gasteiger partial charge in [-0.2, -0.15) is 0 Å². The molecule has 1 N–H and O–H groups in total. The first kappa shape index (κ1) is 18.2. The van der Waals surface area contributed by atoms with Gasteiger partial charge in [0.25, 0.3) is 0 Å². The molecule has 3 rings (SSSR count). The largest absolute Gasteiger partial charge is 0.493 e. The van der Waals surface area contributed by atoms with Crippen LogP contribution >= 0.6 is 0 Å². The van der Waals surface area contributed by atoms with E-state index in [-0.39, 0.29) is 12.0 Å². The van der Waals surface area contributed by atoms with Crippen LogP contribution in [-0.2, 0) is 4.74 Å². The number of fused-ring (bicyclic) bond motifs is 1. The average Bonchev–Trinajstić information content (AvgIpc) is 2.58. The highest BCUT2D eigenvalue weighted by Gasteiger charge is 2.26. The molecule has 0 radical (unpaired) electrons. The third-order valence-electron chi connectivity index (χ3n) is 4.42. The highest BCUT2D eigenvalue weighted by Crippen LogP contribution is 2.41. The number of aryl methyl sites for hydroxylation is 1. The van der Waals surface area contributed by atoms with Crippen molar-refractivity contribution < 1.29 is 14.3 Å². The number of carbonyl (C=O) groups is 1. The summed E-state index contributed by atoms with van der Waals surface area (Å²) < 4.78 is 11.3. The fraction of sp³-hybridized carbons (Fsp3) is 0.429. The molecule has 2 aromatic rings. The Morgan fingerprint density at radius 2 is 2.12 bits per heavy atom. The van der Waals surface area contributed by atoms with Crippen molar-refractivity contribution in [2.45, 2.75) is 45.6 Å². The minimum absolute atomic E-state index is 0.197. The van der Waals surface area contributed by atoms with Gasteiger partial charge in [-0.25, -0.2) is 4.79 Å². The quantitative estimate of drug-likeness (QED) is 0.885. The Morgan fingerprint density at radius 3 is 2.85 bits per heavy atom. The standard InChI is InChI=1S/C21H26N2O3/c1-14-8-10-22-13-18(14)17-7-5-6-16-15(9-11-25-19(16)17)12-23-20(24)26-21(2,3)4/h5-8,10,13,15H,9,11-12H2,1-4H3,(H,23,24)/t15-/m0/s1. The third-order valence-corrected chi connectivity index (χ3v) is 4.42.